The van der Waals surface area contributed by atoms with Crippen molar-refractivity contribution in [1.82, 2.24) is 19.7 Å². The second-order valence-electron chi connectivity index (χ2n) is 5.98. The molecule has 128 valence electrons. The minimum absolute atomic E-state index is 0.685. The van der Waals surface area contributed by atoms with Gasteiger partial charge in [0.25, 0.3) is 0 Å². The monoisotopic (exact) mass is 341 g/mol. The van der Waals surface area contributed by atoms with Crippen molar-refractivity contribution < 1.29 is 0 Å². The lowest BCUT2D eigenvalue weighted by molar-refractivity contribution is 0.682. The Morgan fingerprint density at radius 1 is 0.846 bits per heavy atom. The molecule has 2 heterocycles. The molecule has 0 fully saturated rings. The van der Waals surface area contributed by atoms with Crippen molar-refractivity contribution in [2.24, 2.45) is 0 Å². The standard InChI is InChI=1S/C21H19N5/c1-2-7-17(8-3-1)20-14-22-15-21(25-20)23-13-18-9-4-5-10-19(18)16-26-12-6-11-24-26/h1-12,14-15H,13,16H2,(H,23,25). The lowest BCUT2D eigenvalue weighted by atomic mass is 10.1. The molecule has 2 aromatic heterocycles. The first-order valence-corrected chi connectivity index (χ1v) is 8.54. The maximum atomic E-state index is 4.67. The Kier molecular flexibility index (Phi) is 4.69. The summed E-state index contributed by atoms with van der Waals surface area (Å²) in [6.45, 7) is 1.44. The van der Waals surface area contributed by atoms with Gasteiger partial charge in [-0.05, 0) is 17.2 Å². The van der Waals surface area contributed by atoms with Crippen molar-refractivity contribution in [3.8, 4) is 11.3 Å². The van der Waals surface area contributed by atoms with Crippen LogP contribution < -0.4 is 5.32 Å². The van der Waals surface area contributed by atoms with E-state index in [9.17, 15) is 0 Å². The number of anilines is 1. The molecule has 0 bridgehead atoms. The van der Waals surface area contributed by atoms with Crippen LogP contribution in [0.15, 0.2) is 85.5 Å². The van der Waals surface area contributed by atoms with E-state index in [2.05, 4.69) is 44.6 Å². The van der Waals surface area contributed by atoms with Crippen molar-refractivity contribution in [1.29, 1.82) is 0 Å². The lowest BCUT2D eigenvalue weighted by Gasteiger charge is -2.12. The summed E-state index contributed by atoms with van der Waals surface area (Å²) in [4.78, 5) is 8.99. The number of rotatable bonds is 6. The highest BCUT2D eigenvalue weighted by Gasteiger charge is 2.05. The molecule has 4 rings (SSSR count). The smallest absolute Gasteiger partial charge is 0.145 e. The average molecular weight is 341 g/mol. The predicted octanol–water partition coefficient (Wildman–Crippen LogP) is 4.00. The van der Waals surface area contributed by atoms with Gasteiger partial charge in [0.1, 0.15) is 5.82 Å². The molecule has 0 unspecified atom stereocenters. The number of hydrogen-bond donors (Lipinski definition) is 1. The molecule has 26 heavy (non-hydrogen) atoms. The van der Waals surface area contributed by atoms with Crippen LogP contribution in [0, 0.1) is 0 Å². The highest BCUT2D eigenvalue weighted by Crippen LogP contribution is 2.18. The molecule has 1 N–H and O–H groups in total. The van der Waals surface area contributed by atoms with E-state index in [1.54, 1.807) is 18.6 Å². The van der Waals surface area contributed by atoms with Gasteiger partial charge in [-0.2, -0.15) is 5.10 Å². The highest BCUT2D eigenvalue weighted by atomic mass is 15.3. The van der Waals surface area contributed by atoms with Gasteiger partial charge in [-0.3, -0.25) is 9.67 Å². The molecular formula is C21H19N5. The molecule has 0 saturated heterocycles. The van der Waals surface area contributed by atoms with Crippen molar-refractivity contribution in [3.05, 3.63) is 96.6 Å². The SMILES string of the molecule is c1ccc(-c2cncc(NCc3ccccc3Cn3cccn3)n2)cc1. The van der Waals surface area contributed by atoms with Gasteiger partial charge >= 0.3 is 0 Å². The normalized spacial score (nSPS) is 10.6. The molecule has 0 aliphatic heterocycles. The van der Waals surface area contributed by atoms with Crippen LogP contribution in [-0.4, -0.2) is 19.7 Å². The van der Waals surface area contributed by atoms with E-state index in [1.165, 1.54) is 11.1 Å². The van der Waals surface area contributed by atoms with Gasteiger partial charge < -0.3 is 5.32 Å². The van der Waals surface area contributed by atoms with Crippen molar-refractivity contribution in [2.75, 3.05) is 5.32 Å². The molecular weight excluding hydrogens is 322 g/mol. The Balaban J connectivity index is 1.50. The summed E-state index contributed by atoms with van der Waals surface area (Å²) in [6.07, 6.45) is 7.30. The quantitative estimate of drug-likeness (QED) is 0.576. The van der Waals surface area contributed by atoms with Gasteiger partial charge in [0, 0.05) is 24.5 Å². The number of nitrogens with one attached hydrogen (secondary N) is 1. The van der Waals surface area contributed by atoms with Crippen LogP contribution in [0.3, 0.4) is 0 Å². The zero-order valence-corrected chi connectivity index (χ0v) is 14.3. The van der Waals surface area contributed by atoms with Crippen LogP contribution >= 0.6 is 0 Å². The largest absolute Gasteiger partial charge is 0.365 e. The Bertz CT molecular complexity index is 965. The van der Waals surface area contributed by atoms with Gasteiger partial charge in [0.2, 0.25) is 0 Å². The zero-order chi connectivity index (χ0) is 17.6. The molecule has 0 spiro atoms. The molecule has 2 aromatic carbocycles. The lowest BCUT2D eigenvalue weighted by Crippen LogP contribution is -2.08. The van der Waals surface area contributed by atoms with Crippen LogP contribution in [0.25, 0.3) is 11.3 Å². The minimum atomic E-state index is 0.685. The average Bonchev–Trinajstić information content (AvgIpc) is 3.21. The van der Waals surface area contributed by atoms with E-state index in [1.807, 2.05) is 47.3 Å². The van der Waals surface area contributed by atoms with E-state index in [4.69, 9.17) is 0 Å². The van der Waals surface area contributed by atoms with Crippen LogP contribution in [0.4, 0.5) is 5.82 Å². The first kappa shape index (κ1) is 16.0. The van der Waals surface area contributed by atoms with Crippen LogP contribution in [-0.2, 0) is 13.1 Å². The summed E-state index contributed by atoms with van der Waals surface area (Å²) < 4.78 is 1.93. The molecule has 0 saturated carbocycles. The zero-order valence-electron chi connectivity index (χ0n) is 14.3. The number of nitrogens with zero attached hydrogens (tertiary/aromatic N) is 4. The van der Waals surface area contributed by atoms with Crippen LogP contribution in [0.5, 0.6) is 0 Å². The fraction of sp³-hybridized carbons (Fsp3) is 0.0952. The van der Waals surface area contributed by atoms with E-state index in [-0.39, 0.29) is 0 Å². The third kappa shape index (κ3) is 3.78. The maximum absolute atomic E-state index is 4.67. The van der Waals surface area contributed by atoms with Crippen LogP contribution in [0.2, 0.25) is 0 Å². The predicted molar refractivity (Wildman–Crippen MR) is 103 cm³/mol. The summed E-state index contributed by atoms with van der Waals surface area (Å²) in [7, 11) is 0. The summed E-state index contributed by atoms with van der Waals surface area (Å²) in [5.41, 5.74) is 4.37. The van der Waals surface area contributed by atoms with Gasteiger partial charge in [-0.1, -0.05) is 54.6 Å². The molecule has 0 atom stereocenters. The van der Waals surface area contributed by atoms with Crippen molar-refractivity contribution >= 4 is 5.82 Å². The first-order chi connectivity index (χ1) is 12.9. The Morgan fingerprint density at radius 3 is 2.46 bits per heavy atom. The second-order valence-corrected chi connectivity index (χ2v) is 5.98. The van der Waals surface area contributed by atoms with E-state index < -0.39 is 0 Å². The van der Waals surface area contributed by atoms with Gasteiger partial charge in [-0.25, -0.2) is 4.98 Å². The number of hydrogen-bond acceptors (Lipinski definition) is 4. The van der Waals surface area contributed by atoms with E-state index in [0.717, 1.165) is 23.6 Å². The molecule has 0 aliphatic carbocycles. The van der Waals surface area contributed by atoms with Crippen molar-refractivity contribution in [2.45, 2.75) is 13.1 Å². The highest BCUT2D eigenvalue weighted by molar-refractivity contribution is 5.59. The molecule has 0 amide bonds. The minimum Gasteiger partial charge on any atom is -0.365 e. The third-order valence-corrected chi connectivity index (χ3v) is 4.17. The summed E-state index contributed by atoms with van der Waals surface area (Å²) >= 11 is 0. The van der Waals surface area contributed by atoms with E-state index >= 15 is 0 Å². The third-order valence-electron chi connectivity index (χ3n) is 4.17. The van der Waals surface area contributed by atoms with Gasteiger partial charge in [-0.15, -0.1) is 0 Å². The number of benzene rings is 2. The molecule has 5 heteroatoms. The van der Waals surface area contributed by atoms with E-state index in [0.29, 0.717) is 6.54 Å². The van der Waals surface area contributed by atoms with Gasteiger partial charge in [0.15, 0.2) is 0 Å². The fourth-order valence-electron chi connectivity index (χ4n) is 2.84. The molecule has 4 aromatic rings. The molecule has 0 radical (unpaired) electrons. The maximum Gasteiger partial charge on any atom is 0.145 e. The van der Waals surface area contributed by atoms with Gasteiger partial charge in [0.05, 0.1) is 24.6 Å². The summed E-state index contributed by atoms with van der Waals surface area (Å²) in [5.74, 6) is 0.764. The Morgan fingerprint density at radius 2 is 1.65 bits per heavy atom. The number of aromatic nitrogens is 4. The molecule has 0 aliphatic rings. The topological polar surface area (TPSA) is 55.6 Å². The summed E-state index contributed by atoms with van der Waals surface area (Å²) in [5, 5.41) is 7.68. The molecule has 5 nitrogen and oxygen atoms in total. The first-order valence-electron chi connectivity index (χ1n) is 8.54. The Hall–Kier alpha value is -3.47. The summed E-state index contributed by atoms with van der Waals surface area (Å²) in [6, 6.07) is 20.4. The Labute approximate surface area is 152 Å². The second kappa shape index (κ2) is 7.61. The fourth-order valence-corrected chi connectivity index (χ4v) is 2.84. The van der Waals surface area contributed by atoms with Crippen molar-refractivity contribution in [3.63, 3.8) is 0 Å². The van der Waals surface area contributed by atoms with Crippen LogP contribution in [0.1, 0.15) is 11.1 Å².